The maximum atomic E-state index is 12.0. The van der Waals surface area contributed by atoms with Gasteiger partial charge in [-0.2, -0.15) is 0 Å². The van der Waals surface area contributed by atoms with Gasteiger partial charge in [-0.05, 0) is 18.8 Å². The van der Waals surface area contributed by atoms with Gasteiger partial charge in [0, 0.05) is 46.2 Å². The zero-order chi connectivity index (χ0) is 13.8. The Labute approximate surface area is 115 Å². The van der Waals surface area contributed by atoms with E-state index in [0.29, 0.717) is 18.9 Å². The molecule has 0 saturated carbocycles. The van der Waals surface area contributed by atoms with Crippen molar-refractivity contribution >= 4 is 11.8 Å². The summed E-state index contributed by atoms with van der Waals surface area (Å²) in [6, 6.07) is 0. The summed E-state index contributed by atoms with van der Waals surface area (Å²) < 4.78 is 0. The molecule has 1 unspecified atom stereocenters. The van der Waals surface area contributed by atoms with E-state index in [2.05, 4.69) is 11.8 Å². The second-order valence-corrected chi connectivity index (χ2v) is 5.79. The minimum atomic E-state index is 0.250. The Balaban J connectivity index is 1.78. The van der Waals surface area contributed by atoms with Crippen LogP contribution in [0.5, 0.6) is 0 Å². The van der Waals surface area contributed by atoms with Gasteiger partial charge in [0.1, 0.15) is 0 Å². The lowest BCUT2D eigenvalue weighted by atomic mass is 9.97. The highest BCUT2D eigenvalue weighted by molar-refractivity contribution is 5.79. The number of amides is 2. The molecule has 0 aliphatic carbocycles. The molecule has 0 N–H and O–H groups in total. The highest BCUT2D eigenvalue weighted by Crippen LogP contribution is 2.18. The topological polar surface area (TPSA) is 43.9 Å². The number of rotatable bonds is 4. The van der Waals surface area contributed by atoms with Crippen LogP contribution in [-0.2, 0) is 9.59 Å². The first-order chi connectivity index (χ1) is 9.10. The van der Waals surface area contributed by atoms with E-state index in [4.69, 9.17) is 0 Å². The lowest BCUT2D eigenvalue weighted by Crippen LogP contribution is -2.52. The average Bonchev–Trinajstić information content (AvgIpc) is 2.37. The van der Waals surface area contributed by atoms with Gasteiger partial charge in [0.25, 0.3) is 0 Å². The molecule has 2 heterocycles. The molecule has 108 valence electrons. The van der Waals surface area contributed by atoms with Crippen LogP contribution in [0.25, 0.3) is 0 Å². The Morgan fingerprint density at radius 3 is 2.63 bits per heavy atom. The summed E-state index contributed by atoms with van der Waals surface area (Å²) in [5.41, 5.74) is 0. The molecular formula is C14H25N3O2. The first-order valence-corrected chi connectivity index (χ1v) is 7.34. The number of piperazine rings is 1. The monoisotopic (exact) mass is 267 g/mol. The van der Waals surface area contributed by atoms with Crippen molar-refractivity contribution in [2.45, 2.75) is 26.2 Å². The van der Waals surface area contributed by atoms with Crippen molar-refractivity contribution in [2.75, 3.05) is 46.3 Å². The molecule has 0 aromatic heterocycles. The number of carbonyl (C=O) groups excluding carboxylic acids is 2. The van der Waals surface area contributed by atoms with Gasteiger partial charge in [-0.1, -0.05) is 6.92 Å². The molecular weight excluding hydrogens is 242 g/mol. The van der Waals surface area contributed by atoms with Crippen LogP contribution >= 0.6 is 0 Å². The molecule has 0 aromatic carbocycles. The lowest BCUT2D eigenvalue weighted by Gasteiger charge is -2.38. The number of carbonyl (C=O) groups is 2. The van der Waals surface area contributed by atoms with E-state index in [0.717, 1.165) is 45.6 Å². The fraction of sp³-hybridized carbons (Fsp3) is 0.857. The van der Waals surface area contributed by atoms with Gasteiger partial charge < -0.3 is 9.80 Å². The van der Waals surface area contributed by atoms with Crippen molar-refractivity contribution in [1.82, 2.24) is 14.7 Å². The summed E-state index contributed by atoms with van der Waals surface area (Å²) in [7, 11) is 1.87. The first kappa shape index (κ1) is 14.3. The summed E-state index contributed by atoms with van der Waals surface area (Å²) >= 11 is 0. The van der Waals surface area contributed by atoms with Crippen LogP contribution in [0, 0.1) is 5.92 Å². The molecule has 1 atom stereocenters. The van der Waals surface area contributed by atoms with Crippen molar-refractivity contribution in [1.29, 1.82) is 0 Å². The zero-order valence-corrected chi connectivity index (χ0v) is 12.1. The second kappa shape index (κ2) is 6.37. The van der Waals surface area contributed by atoms with E-state index in [1.807, 2.05) is 16.8 Å². The number of nitrogens with zero attached hydrogens (tertiary/aromatic N) is 3. The standard InChI is InChI=1S/C14H25N3O2/c1-3-6-17-8-7-16(11-14(17)19)10-12-4-5-13(18)15(2)9-12/h12H,3-11H2,1-2H3. The molecule has 19 heavy (non-hydrogen) atoms. The molecule has 2 rings (SSSR count). The highest BCUT2D eigenvalue weighted by Gasteiger charge is 2.28. The van der Waals surface area contributed by atoms with Crippen LogP contribution in [0.2, 0.25) is 0 Å². The molecule has 5 nitrogen and oxygen atoms in total. The Hall–Kier alpha value is -1.10. The highest BCUT2D eigenvalue weighted by atomic mass is 16.2. The van der Waals surface area contributed by atoms with Crippen LogP contribution in [0.4, 0.5) is 0 Å². The summed E-state index contributed by atoms with van der Waals surface area (Å²) in [5.74, 6) is 1.03. The largest absolute Gasteiger partial charge is 0.345 e. The zero-order valence-electron chi connectivity index (χ0n) is 12.1. The summed E-state index contributed by atoms with van der Waals surface area (Å²) in [6.45, 7) is 7.15. The SMILES string of the molecule is CCCN1CCN(CC2CCC(=O)N(C)C2)CC1=O. The Kier molecular flexibility index (Phi) is 4.80. The van der Waals surface area contributed by atoms with Gasteiger partial charge in [0.2, 0.25) is 11.8 Å². The van der Waals surface area contributed by atoms with Gasteiger partial charge in [0.15, 0.2) is 0 Å². The Morgan fingerprint density at radius 2 is 2.00 bits per heavy atom. The number of likely N-dealkylation sites (tertiary alicyclic amines) is 1. The van der Waals surface area contributed by atoms with Gasteiger partial charge >= 0.3 is 0 Å². The fourth-order valence-electron chi connectivity index (χ4n) is 3.03. The van der Waals surface area contributed by atoms with Crippen molar-refractivity contribution < 1.29 is 9.59 Å². The summed E-state index contributed by atoms with van der Waals surface area (Å²) in [5, 5.41) is 0. The number of piperidine rings is 1. The van der Waals surface area contributed by atoms with Crippen molar-refractivity contribution in [3.63, 3.8) is 0 Å². The fourth-order valence-corrected chi connectivity index (χ4v) is 3.03. The van der Waals surface area contributed by atoms with Crippen LogP contribution in [0.15, 0.2) is 0 Å². The van der Waals surface area contributed by atoms with E-state index < -0.39 is 0 Å². The van der Waals surface area contributed by atoms with Gasteiger partial charge in [-0.15, -0.1) is 0 Å². The maximum Gasteiger partial charge on any atom is 0.236 e. The first-order valence-electron chi connectivity index (χ1n) is 7.34. The van der Waals surface area contributed by atoms with Crippen LogP contribution < -0.4 is 0 Å². The third-order valence-electron chi connectivity index (χ3n) is 4.13. The van der Waals surface area contributed by atoms with E-state index in [-0.39, 0.29) is 11.8 Å². The van der Waals surface area contributed by atoms with E-state index >= 15 is 0 Å². The second-order valence-electron chi connectivity index (χ2n) is 5.79. The van der Waals surface area contributed by atoms with E-state index in [1.54, 1.807) is 0 Å². The molecule has 5 heteroatoms. The van der Waals surface area contributed by atoms with Crippen molar-refractivity contribution in [2.24, 2.45) is 5.92 Å². The third-order valence-corrected chi connectivity index (χ3v) is 4.13. The molecule has 2 aliphatic rings. The molecule has 0 spiro atoms. The molecule has 2 saturated heterocycles. The maximum absolute atomic E-state index is 12.0. The number of hydrogen-bond donors (Lipinski definition) is 0. The molecule has 2 amide bonds. The lowest BCUT2D eigenvalue weighted by molar-refractivity contribution is -0.138. The van der Waals surface area contributed by atoms with Crippen LogP contribution in [0.1, 0.15) is 26.2 Å². The molecule has 2 aliphatic heterocycles. The van der Waals surface area contributed by atoms with Crippen molar-refractivity contribution in [3.8, 4) is 0 Å². The van der Waals surface area contributed by atoms with Gasteiger partial charge in [-0.25, -0.2) is 0 Å². The van der Waals surface area contributed by atoms with Gasteiger partial charge in [-0.3, -0.25) is 14.5 Å². The third kappa shape index (κ3) is 3.69. The van der Waals surface area contributed by atoms with E-state index in [9.17, 15) is 9.59 Å². The summed E-state index contributed by atoms with van der Waals surface area (Å²) in [4.78, 5) is 29.5. The molecule has 0 aromatic rings. The quantitative estimate of drug-likeness (QED) is 0.741. The number of hydrogen-bond acceptors (Lipinski definition) is 3. The Bertz CT molecular complexity index is 346. The predicted octanol–water partition coefficient (Wildman–Crippen LogP) is 0.409. The minimum Gasteiger partial charge on any atom is -0.345 e. The van der Waals surface area contributed by atoms with Crippen LogP contribution in [0.3, 0.4) is 0 Å². The molecule has 0 radical (unpaired) electrons. The summed E-state index contributed by atoms with van der Waals surface area (Å²) in [6.07, 6.45) is 2.65. The van der Waals surface area contributed by atoms with Gasteiger partial charge in [0.05, 0.1) is 6.54 Å². The smallest absolute Gasteiger partial charge is 0.236 e. The molecule has 0 bridgehead atoms. The minimum absolute atomic E-state index is 0.250. The molecule has 2 fully saturated rings. The Morgan fingerprint density at radius 1 is 1.21 bits per heavy atom. The van der Waals surface area contributed by atoms with E-state index in [1.165, 1.54) is 0 Å². The predicted molar refractivity (Wildman–Crippen MR) is 73.7 cm³/mol. The average molecular weight is 267 g/mol. The van der Waals surface area contributed by atoms with Crippen LogP contribution in [-0.4, -0.2) is 72.8 Å². The normalized spacial score (nSPS) is 26.1. The van der Waals surface area contributed by atoms with Crippen molar-refractivity contribution in [3.05, 3.63) is 0 Å².